The second kappa shape index (κ2) is 69.3. The largest absolute Gasteiger partial charge is 0.460 e. The Morgan fingerprint density at radius 2 is 0.630 bits per heavy atom. The fourth-order valence-electron chi connectivity index (χ4n) is 12.6. The first-order chi connectivity index (χ1) is 61.9. The molecule has 0 saturated carbocycles. The summed E-state index contributed by atoms with van der Waals surface area (Å²) in [6.07, 6.45) is 6.80. The highest BCUT2D eigenvalue weighted by Gasteiger charge is 2.22. The topological polar surface area (TPSA) is 414 Å². The quantitative estimate of drug-likeness (QED) is 0.0160. The Balaban J connectivity index is 0.000000328. The molecule has 127 heavy (non-hydrogen) atoms. The summed E-state index contributed by atoms with van der Waals surface area (Å²) in [4.78, 5) is 56.1. The average Bonchev–Trinajstić information content (AvgIpc) is 1.67. The van der Waals surface area contributed by atoms with Gasteiger partial charge in [-0.15, -0.1) is 0 Å². The number of carbonyl (C=O) groups is 2. The third-order valence-electron chi connectivity index (χ3n) is 18.9. The highest BCUT2D eigenvalue weighted by atomic mass is 16.6. The third kappa shape index (κ3) is 51.1. The number of aromatic amines is 2. The van der Waals surface area contributed by atoms with E-state index in [1.54, 1.807) is 0 Å². The monoisotopic (exact) mass is 1800 g/mol. The number of hydrogen-bond donors (Lipinski definition) is 6. The van der Waals surface area contributed by atoms with Crippen LogP contribution in [0.15, 0.2) is 36.4 Å². The molecular weight excluding hydrogens is 1650 g/mol. The van der Waals surface area contributed by atoms with Gasteiger partial charge in [-0.2, -0.15) is 0 Å². The van der Waals surface area contributed by atoms with Crippen molar-refractivity contribution in [3.63, 3.8) is 0 Å². The number of anilines is 4. The van der Waals surface area contributed by atoms with E-state index in [0.717, 1.165) is 153 Å². The summed E-state index contributed by atoms with van der Waals surface area (Å²) in [7, 11) is 0. The second-order valence-electron chi connectivity index (χ2n) is 31.6. The smallest absolute Gasteiger partial charge is 0.308 e. The van der Waals surface area contributed by atoms with Gasteiger partial charge in [0.1, 0.15) is 56.6 Å². The van der Waals surface area contributed by atoms with Gasteiger partial charge in [0.05, 0.1) is 295 Å². The molecule has 2 fully saturated rings. The van der Waals surface area contributed by atoms with Crippen molar-refractivity contribution in [2.45, 2.75) is 118 Å². The lowest BCUT2D eigenvalue weighted by molar-refractivity contribution is -0.157. The number of pyridine rings is 2. The number of piperazine rings is 2. The summed E-state index contributed by atoms with van der Waals surface area (Å²) in [6, 6.07) is 12.8. The summed E-state index contributed by atoms with van der Waals surface area (Å²) >= 11 is 0. The predicted molar refractivity (Wildman–Crippen MR) is 487 cm³/mol. The molecule has 0 unspecified atom stereocenters. The molecular formula is C90H154N12O25. The number of nitrogens with zero attached hydrogens (tertiary/aromatic N) is 7. The Bertz CT molecular complexity index is 3750. The molecule has 2 aromatic carbocycles. The minimum atomic E-state index is -0.478. The SMILES string of the molecule is CC(C)(C)OC(=O)CCOCCOCCOCCOCCOCCOCCOCCOCCOCCOCCO.CCCCc1nc2c([nH]1)c(N)nc1ccc(N3CCN(CCOCCOCCOCCOCCOCCOCCOCCOCCOCCOCCC(=O)OC(C)(C)C)CC3)cc12.CCCCc1nc2c([nH]1)c(N)nc1ccc(N3CCNCC3)cc12. The van der Waals surface area contributed by atoms with Crippen LogP contribution in [0.1, 0.15) is 106 Å². The van der Waals surface area contributed by atoms with E-state index in [1.807, 2.05) is 41.5 Å². The van der Waals surface area contributed by atoms with E-state index in [2.05, 4.69) is 90.2 Å². The van der Waals surface area contributed by atoms with E-state index in [0.29, 0.717) is 276 Å². The van der Waals surface area contributed by atoms with E-state index in [4.69, 9.17) is 131 Å². The summed E-state index contributed by atoms with van der Waals surface area (Å²) in [5.74, 6) is 2.47. The van der Waals surface area contributed by atoms with Crippen LogP contribution in [-0.4, -0.2) is 393 Å². The summed E-state index contributed by atoms with van der Waals surface area (Å²) in [5.41, 5.74) is 19.2. The van der Waals surface area contributed by atoms with Crippen molar-refractivity contribution in [3.8, 4) is 0 Å². The molecule has 37 heteroatoms. The van der Waals surface area contributed by atoms with Gasteiger partial charge in [0, 0.05) is 93.9 Å². The first kappa shape index (κ1) is 109. The number of aliphatic hydroxyl groups excluding tert-OH is 1. The number of nitrogen functional groups attached to an aromatic ring is 2. The lowest BCUT2D eigenvalue weighted by atomic mass is 10.1. The van der Waals surface area contributed by atoms with Crippen molar-refractivity contribution in [1.82, 2.24) is 40.1 Å². The molecule has 6 aromatic rings. The molecule has 8 rings (SSSR count). The Hall–Kier alpha value is -6.58. The van der Waals surface area contributed by atoms with Crippen LogP contribution in [-0.2, 0) is 127 Å². The van der Waals surface area contributed by atoms with Gasteiger partial charge in [-0.3, -0.25) is 14.5 Å². The van der Waals surface area contributed by atoms with E-state index in [1.165, 1.54) is 11.4 Å². The fourth-order valence-corrected chi connectivity index (χ4v) is 12.6. The number of nitrogens with two attached hydrogens (primary N) is 2. The molecule has 0 amide bonds. The van der Waals surface area contributed by atoms with Crippen molar-refractivity contribution in [3.05, 3.63) is 48.0 Å². The van der Waals surface area contributed by atoms with Crippen LogP contribution < -0.4 is 26.6 Å². The van der Waals surface area contributed by atoms with Crippen LogP contribution in [0.25, 0.3) is 43.9 Å². The lowest BCUT2D eigenvalue weighted by Gasteiger charge is -2.36. The van der Waals surface area contributed by atoms with Gasteiger partial charge in [0.25, 0.3) is 0 Å². The van der Waals surface area contributed by atoms with Gasteiger partial charge >= 0.3 is 11.9 Å². The average molecular weight is 1800 g/mol. The number of benzene rings is 2. The minimum absolute atomic E-state index is 0.0230. The molecule has 4 aromatic heterocycles. The number of aryl methyl sites for hydroxylation is 2. The highest BCUT2D eigenvalue weighted by molar-refractivity contribution is 6.08. The molecule has 2 saturated heterocycles. The number of nitrogens with one attached hydrogen (secondary N) is 3. The number of H-pyrrole nitrogens is 2. The number of esters is 2. The Labute approximate surface area is 751 Å². The molecule has 2 aliphatic rings. The van der Waals surface area contributed by atoms with Gasteiger partial charge in [-0.25, -0.2) is 19.9 Å². The maximum Gasteiger partial charge on any atom is 0.308 e. The predicted octanol–water partition coefficient (Wildman–Crippen LogP) is 7.38. The van der Waals surface area contributed by atoms with Crippen LogP contribution in [0.5, 0.6) is 0 Å². The summed E-state index contributed by atoms with van der Waals surface area (Å²) in [5, 5.41) is 14.1. The molecule has 8 N–H and O–H groups in total. The lowest BCUT2D eigenvalue weighted by Crippen LogP contribution is -2.47. The Morgan fingerprint density at radius 1 is 0.362 bits per heavy atom. The van der Waals surface area contributed by atoms with Crippen LogP contribution >= 0.6 is 0 Å². The number of imidazole rings is 2. The van der Waals surface area contributed by atoms with Crippen LogP contribution in [0, 0.1) is 0 Å². The van der Waals surface area contributed by atoms with Crippen LogP contribution in [0.3, 0.4) is 0 Å². The van der Waals surface area contributed by atoms with Gasteiger partial charge < -0.3 is 146 Å². The maximum absolute atomic E-state index is 11.6. The van der Waals surface area contributed by atoms with E-state index in [-0.39, 0.29) is 31.4 Å². The maximum atomic E-state index is 11.6. The molecule has 6 heterocycles. The molecule has 0 aliphatic carbocycles. The molecule has 0 atom stereocenters. The van der Waals surface area contributed by atoms with Crippen molar-refractivity contribution >= 4 is 78.8 Å². The van der Waals surface area contributed by atoms with E-state index < -0.39 is 11.2 Å². The van der Waals surface area contributed by atoms with Crippen molar-refractivity contribution < 1.29 is 119 Å². The number of rotatable bonds is 73. The standard InChI is InChI=1S/C45H76N6O12.C27H54O13.C18H24N6/c1-5-6-7-40-48-42-38-36-37(8-9-39(38)47-44(46)43(42)49-40)51-13-11-50(12-14-51)15-17-54-19-21-56-23-25-58-27-29-60-31-33-62-35-34-61-32-30-59-28-26-57-24-22-55-20-18-53-16-10-41(52)63-45(2,3)4;1-27(2,3)40-26(29)4-6-30-8-10-32-12-14-34-16-18-36-20-22-38-24-25-39-23-21-37-19-17-35-15-13-33-11-9-31-7-5-28;1-2-3-4-15-22-16-13-11-12(24-9-7-20-8-10-24)5-6-14(13)21-18(19)17(16)23-15/h8-9,36H,5-7,10-35H2,1-4H3,(H2,46,47)(H,48,49);28H,4-25H2,1-3H3;5-6,11,20H,2-4,7-10H2,1H3,(H2,19,21)(H,22,23). The van der Waals surface area contributed by atoms with Crippen molar-refractivity contribution in [2.24, 2.45) is 0 Å². The Kier molecular flexibility index (Phi) is 59.6. The summed E-state index contributed by atoms with van der Waals surface area (Å²) in [6.45, 7) is 43.5. The minimum Gasteiger partial charge on any atom is -0.460 e. The molecule has 37 nitrogen and oxygen atoms in total. The number of unbranched alkanes of at least 4 members (excludes halogenated alkanes) is 2. The molecule has 0 spiro atoms. The van der Waals surface area contributed by atoms with Crippen LogP contribution in [0.2, 0.25) is 0 Å². The van der Waals surface area contributed by atoms with Gasteiger partial charge in [-0.05, 0) is 90.8 Å². The number of aromatic nitrogens is 6. The Morgan fingerprint density at radius 3 is 0.906 bits per heavy atom. The number of carbonyl (C=O) groups excluding carboxylic acids is 2. The van der Waals surface area contributed by atoms with E-state index in [9.17, 15) is 9.59 Å². The van der Waals surface area contributed by atoms with Gasteiger partial charge in [-0.1, -0.05) is 26.7 Å². The normalized spacial score (nSPS) is 13.5. The zero-order valence-corrected chi connectivity index (χ0v) is 77.5. The number of ether oxygens (including phenoxy) is 22. The fraction of sp³-hybridized carbons (Fsp3) is 0.756. The van der Waals surface area contributed by atoms with Gasteiger partial charge in [0.2, 0.25) is 0 Å². The zero-order valence-electron chi connectivity index (χ0n) is 77.5. The number of fused-ring (bicyclic) bond motifs is 6. The van der Waals surface area contributed by atoms with Gasteiger partial charge in [0.15, 0.2) is 0 Å². The zero-order chi connectivity index (χ0) is 90.7. The first-order valence-corrected chi connectivity index (χ1v) is 45.6. The first-order valence-electron chi connectivity index (χ1n) is 45.6. The van der Waals surface area contributed by atoms with Crippen molar-refractivity contribution in [2.75, 3.05) is 351 Å². The number of aliphatic hydroxyl groups is 1. The highest BCUT2D eigenvalue weighted by Crippen LogP contribution is 2.32. The third-order valence-corrected chi connectivity index (χ3v) is 18.9. The molecule has 724 valence electrons. The van der Waals surface area contributed by atoms with Crippen molar-refractivity contribution in [1.29, 1.82) is 0 Å². The second-order valence-corrected chi connectivity index (χ2v) is 31.6. The molecule has 2 aliphatic heterocycles. The molecule has 0 radical (unpaired) electrons. The summed E-state index contributed by atoms with van der Waals surface area (Å²) < 4.78 is 120. The van der Waals surface area contributed by atoms with Crippen LogP contribution in [0.4, 0.5) is 23.0 Å². The van der Waals surface area contributed by atoms with E-state index >= 15 is 0 Å². The number of hydrogen-bond acceptors (Lipinski definition) is 35. The molecule has 0 bridgehead atoms.